The Hall–Kier alpha value is 0.823. The SMILES string of the molecule is [K+].[K+].[c-]1cc[c-]c2sc(-c3ccc(-c4ccccc4)cc3)nc12. The van der Waals surface area contributed by atoms with E-state index in [1.165, 1.54) is 11.1 Å². The Morgan fingerprint density at radius 2 is 1.30 bits per heavy atom. The fourth-order valence-corrected chi connectivity index (χ4v) is 3.23. The normalized spacial score (nSPS) is 9.91. The standard InChI is InChI=1S/C19H11NS.2K/c1-2-6-14(7-3-1)15-10-12-16(13-11-15)19-20-17-8-4-5-9-18(17)21-19;;/h1-7,10-13H;;/q-2;2*+1. The fraction of sp³-hybridized carbons (Fsp3) is 0. The van der Waals surface area contributed by atoms with Gasteiger partial charge in [-0.1, -0.05) is 54.6 Å². The summed E-state index contributed by atoms with van der Waals surface area (Å²) in [7, 11) is 0. The molecule has 0 saturated carbocycles. The summed E-state index contributed by atoms with van der Waals surface area (Å²) in [6, 6.07) is 29.0. The van der Waals surface area contributed by atoms with Crippen LogP contribution in [-0.4, -0.2) is 4.98 Å². The van der Waals surface area contributed by atoms with Crippen molar-refractivity contribution < 1.29 is 103 Å². The molecule has 0 aliphatic heterocycles. The van der Waals surface area contributed by atoms with Gasteiger partial charge in [-0.15, -0.1) is 5.52 Å². The van der Waals surface area contributed by atoms with E-state index in [9.17, 15) is 0 Å². The smallest absolute Gasteiger partial charge is 0.329 e. The van der Waals surface area contributed by atoms with Gasteiger partial charge in [-0.3, -0.25) is 24.3 Å². The summed E-state index contributed by atoms with van der Waals surface area (Å²) < 4.78 is 1.06. The van der Waals surface area contributed by atoms with E-state index in [1.807, 2.05) is 18.2 Å². The third kappa shape index (κ3) is 4.71. The van der Waals surface area contributed by atoms with Gasteiger partial charge >= 0.3 is 103 Å². The molecule has 23 heavy (non-hydrogen) atoms. The predicted octanol–water partition coefficient (Wildman–Crippen LogP) is -0.761. The minimum atomic E-state index is 0. The molecule has 0 atom stereocenters. The first-order valence-corrected chi connectivity index (χ1v) is 7.56. The minimum Gasteiger partial charge on any atom is -0.329 e. The van der Waals surface area contributed by atoms with Crippen molar-refractivity contribution in [2.75, 3.05) is 0 Å². The number of benzene rings is 3. The Kier molecular flexibility index (Phi) is 8.32. The predicted molar refractivity (Wildman–Crippen MR) is 88.2 cm³/mol. The first kappa shape index (κ1) is 20.1. The molecular weight excluding hydrogens is 352 g/mol. The second kappa shape index (κ2) is 9.50. The second-order valence-corrected chi connectivity index (χ2v) is 5.76. The Bertz CT molecular complexity index is 853. The van der Waals surface area contributed by atoms with Gasteiger partial charge in [-0.25, -0.2) is 11.3 Å². The van der Waals surface area contributed by atoms with Crippen LogP contribution >= 0.6 is 11.3 Å². The fourth-order valence-electron chi connectivity index (χ4n) is 2.31. The maximum atomic E-state index is 4.62. The van der Waals surface area contributed by atoms with Crippen LogP contribution < -0.4 is 103 Å². The molecule has 3 aromatic carbocycles. The van der Waals surface area contributed by atoms with Crippen molar-refractivity contribution in [3.63, 3.8) is 0 Å². The minimum absolute atomic E-state index is 0. The maximum Gasteiger partial charge on any atom is 1.00 e. The molecule has 4 rings (SSSR count). The van der Waals surface area contributed by atoms with Crippen LogP contribution in [0.2, 0.25) is 0 Å². The van der Waals surface area contributed by atoms with Crippen LogP contribution in [-0.2, 0) is 0 Å². The Labute approximate surface area is 225 Å². The Balaban J connectivity index is 0.000000960. The summed E-state index contributed by atoms with van der Waals surface area (Å²) in [6.07, 6.45) is 0. The topological polar surface area (TPSA) is 12.9 Å². The third-order valence-electron chi connectivity index (χ3n) is 3.38. The van der Waals surface area contributed by atoms with Crippen LogP contribution in [0.3, 0.4) is 0 Å². The van der Waals surface area contributed by atoms with Gasteiger partial charge in [0.15, 0.2) is 0 Å². The van der Waals surface area contributed by atoms with Gasteiger partial charge in [0.2, 0.25) is 0 Å². The van der Waals surface area contributed by atoms with E-state index >= 15 is 0 Å². The molecule has 1 nitrogen and oxygen atoms in total. The van der Waals surface area contributed by atoms with Gasteiger partial charge in [0.25, 0.3) is 0 Å². The number of hydrogen-bond donors (Lipinski definition) is 0. The molecule has 1 heterocycles. The Morgan fingerprint density at radius 3 is 2.00 bits per heavy atom. The van der Waals surface area contributed by atoms with E-state index in [2.05, 4.69) is 65.6 Å². The number of fused-ring (bicyclic) bond motifs is 1. The van der Waals surface area contributed by atoms with Crippen molar-refractivity contribution >= 4 is 21.6 Å². The quantitative estimate of drug-likeness (QED) is 0.337. The van der Waals surface area contributed by atoms with E-state index in [-0.39, 0.29) is 103 Å². The van der Waals surface area contributed by atoms with E-state index in [1.54, 1.807) is 11.3 Å². The molecule has 0 bridgehead atoms. The zero-order valence-corrected chi connectivity index (χ0v) is 20.3. The van der Waals surface area contributed by atoms with Crippen molar-refractivity contribution in [1.29, 1.82) is 0 Å². The van der Waals surface area contributed by atoms with Gasteiger partial charge in [0.05, 0.1) is 5.01 Å². The van der Waals surface area contributed by atoms with Crippen LogP contribution in [0.1, 0.15) is 0 Å². The average molecular weight is 364 g/mol. The molecule has 0 saturated heterocycles. The van der Waals surface area contributed by atoms with Crippen molar-refractivity contribution in [2.24, 2.45) is 0 Å². The molecule has 1 aromatic heterocycles. The summed E-state index contributed by atoms with van der Waals surface area (Å²) >= 11 is 1.65. The molecule has 0 aliphatic carbocycles. The average Bonchev–Trinajstić information content (AvgIpc) is 3.00. The molecule has 0 radical (unpaired) electrons. The number of rotatable bonds is 2. The summed E-state index contributed by atoms with van der Waals surface area (Å²) in [4.78, 5) is 4.62. The molecule has 0 spiro atoms. The molecule has 0 N–H and O–H groups in total. The molecular formula is C19H11K2NS. The zero-order chi connectivity index (χ0) is 14.1. The van der Waals surface area contributed by atoms with E-state index < -0.39 is 0 Å². The summed E-state index contributed by atoms with van der Waals surface area (Å²) in [5.74, 6) is 0. The van der Waals surface area contributed by atoms with Crippen molar-refractivity contribution in [3.8, 4) is 21.7 Å². The van der Waals surface area contributed by atoms with Crippen molar-refractivity contribution in [3.05, 3.63) is 78.9 Å². The monoisotopic (exact) mass is 363 g/mol. The van der Waals surface area contributed by atoms with E-state index in [0.717, 1.165) is 20.8 Å². The van der Waals surface area contributed by atoms with Gasteiger partial charge < -0.3 is 4.98 Å². The molecule has 0 aliphatic rings. The molecule has 0 fully saturated rings. The first-order valence-electron chi connectivity index (χ1n) is 6.75. The van der Waals surface area contributed by atoms with E-state index in [0.29, 0.717) is 0 Å². The number of hydrogen-bond acceptors (Lipinski definition) is 2. The van der Waals surface area contributed by atoms with Crippen LogP contribution in [0.15, 0.2) is 66.7 Å². The van der Waals surface area contributed by atoms with Gasteiger partial charge in [0.1, 0.15) is 0 Å². The summed E-state index contributed by atoms with van der Waals surface area (Å²) in [5.41, 5.74) is 4.48. The molecule has 4 heteroatoms. The number of thiazole rings is 1. The first-order chi connectivity index (χ1) is 10.4. The van der Waals surface area contributed by atoms with Crippen LogP contribution in [0.25, 0.3) is 31.9 Å². The van der Waals surface area contributed by atoms with Crippen LogP contribution in [0.5, 0.6) is 0 Å². The van der Waals surface area contributed by atoms with Gasteiger partial charge in [-0.2, -0.15) is 4.70 Å². The molecule has 0 unspecified atom stereocenters. The Morgan fingerprint density at radius 1 is 0.696 bits per heavy atom. The molecule has 0 amide bonds. The van der Waals surface area contributed by atoms with E-state index in [4.69, 9.17) is 0 Å². The van der Waals surface area contributed by atoms with Crippen LogP contribution in [0.4, 0.5) is 0 Å². The van der Waals surface area contributed by atoms with Crippen LogP contribution in [0, 0.1) is 12.1 Å². The van der Waals surface area contributed by atoms with Gasteiger partial charge in [-0.05, 0) is 11.1 Å². The molecule has 100 valence electrons. The summed E-state index contributed by atoms with van der Waals surface area (Å²) in [6.45, 7) is 0. The summed E-state index contributed by atoms with van der Waals surface area (Å²) in [5, 5.41) is 1.02. The largest absolute Gasteiger partial charge is 1.00 e. The van der Waals surface area contributed by atoms with Gasteiger partial charge in [0, 0.05) is 5.56 Å². The zero-order valence-electron chi connectivity index (χ0n) is 13.2. The van der Waals surface area contributed by atoms with Crippen molar-refractivity contribution in [1.82, 2.24) is 4.98 Å². The second-order valence-electron chi connectivity index (χ2n) is 4.76. The number of aromatic nitrogens is 1. The molecule has 4 aromatic rings. The number of nitrogens with zero attached hydrogens (tertiary/aromatic N) is 1. The third-order valence-corrected chi connectivity index (χ3v) is 4.42. The maximum absolute atomic E-state index is 4.62. The van der Waals surface area contributed by atoms with Crippen molar-refractivity contribution in [2.45, 2.75) is 0 Å².